The molecule has 3 aromatic rings. The van der Waals surface area contributed by atoms with Crippen LogP contribution in [0.2, 0.25) is 0 Å². The quantitative estimate of drug-likeness (QED) is 0.679. The van der Waals surface area contributed by atoms with Gasteiger partial charge in [0.05, 0.1) is 0 Å². The zero-order valence-electron chi connectivity index (χ0n) is 17.0. The number of rotatable bonds is 5. The summed E-state index contributed by atoms with van der Waals surface area (Å²) in [5.74, 6) is 0.930. The van der Waals surface area contributed by atoms with Crippen LogP contribution < -0.4 is 5.32 Å². The molecule has 2 fully saturated rings. The molecule has 0 spiro atoms. The summed E-state index contributed by atoms with van der Waals surface area (Å²) in [6.45, 7) is 3.71. The van der Waals surface area contributed by atoms with E-state index in [0.29, 0.717) is 17.9 Å². The Morgan fingerprint density at radius 2 is 1.37 bits per heavy atom. The van der Waals surface area contributed by atoms with Gasteiger partial charge in [0.25, 0.3) is 0 Å². The normalized spacial score (nSPS) is 20.6. The van der Waals surface area contributed by atoms with Crippen molar-refractivity contribution < 1.29 is 4.79 Å². The number of hydrogen-bond acceptors (Lipinski definition) is 2. The van der Waals surface area contributed by atoms with Crippen LogP contribution in [0.3, 0.4) is 0 Å². The van der Waals surface area contributed by atoms with E-state index in [-0.39, 0.29) is 6.03 Å². The number of hydrogen-bond donors (Lipinski definition) is 1. The van der Waals surface area contributed by atoms with Gasteiger partial charge in [-0.3, -0.25) is 4.90 Å². The number of anilines is 1. The van der Waals surface area contributed by atoms with E-state index in [1.165, 1.54) is 11.1 Å². The zero-order valence-corrected chi connectivity index (χ0v) is 17.0. The third-order valence-electron chi connectivity index (χ3n) is 6.48. The lowest BCUT2D eigenvalue weighted by Gasteiger charge is -2.45. The SMILES string of the molecule is O=C(Nc1ccccc1)N1C[C@@H]2CN(CC(c3ccccc3)c3ccccc3)[C@@H]2C1. The summed E-state index contributed by atoms with van der Waals surface area (Å²) in [7, 11) is 0. The summed E-state index contributed by atoms with van der Waals surface area (Å²) in [6, 6.07) is 31.7. The third-order valence-corrected chi connectivity index (χ3v) is 6.48. The van der Waals surface area contributed by atoms with E-state index in [1.807, 2.05) is 35.2 Å². The number of carbonyl (C=O) groups is 1. The molecule has 30 heavy (non-hydrogen) atoms. The topological polar surface area (TPSA) is 35.6 Å². The molecule has 0 radical (unpaired) electrons. The Hall–Kier alpha value is -3.11. The molecule has 2 aliphatic rings. The summed E-state index contributed by atoms with van der Waals surface area (Å²) in [6.07, 6.45) is 0. The number of fused-ring (bicyclic) bond motifs is 1. The zero-order chi connectivity index (χ0) is 20.3. The van der Waals surface area contributed by atoms with Gasteiger partial charge < -0.3 is 10.2 Å². The van der Waals surface area contributed by atoms with Crippen molar-refractivity contribution in [3.05, 3.63) is 102 Å². The van der Waals surface area contributed by atoms with E-state index in [4.69, 9.17) is 0 Å². The summed E-state index contributed by atoms with van der Waals surface area (Å²) in [4.78, 5) is 17.2. The molecule has 2 heterocycles. The average molecular weight is 398 g/mol. The maximum Gasteiger partial charge on any atom is 0.321 e. The molecule has 2 atom stereocenters. The van der Waals surface area contributed by atoms with Crippen molar-refractivity contribution in [1.29, 1.82) is 0 Å². The van der Waals surface area contributed by atoms with Crippen LogP contribution in [0.4, 0.5) is 10.5 Å². The molecule has 152 valence electrons. The van der Waals surface area contributed by atoms with Gasteiger partial charge in [-0.05, 0) is 23.3 Å². The predicted molar refractivity (Wildman–Crippen MR) is 121 cm³/mol. The van der Waals surface area contributed by atoms with Crippen molar-refractivity contribution in [2.45, 2.75) is 12.0 Å². The van der Waals surface area contributed by atoms with Gasteiger partial charge >= 0.3 is 6.03 Å². The minimum atomic E-state index is 0.0122. The summed E-state index contributed by atoms with van der Waals surface area (Å²) >= 11 is 0. The molecule has 4 nitrogen and oxygen atoms in total. The summed E-state index contributed by atoms with van der Waals surface area (Å²) in [5, 5.41) is 3.03. The molecular formula is C26H27N3O. The van der Waals surface area contributed by atoms with Gasteiger partial charge in [-0.2, -0.15) is 0 Å². The number of benzene rings is 3. The first-order chi connectivity index (χ1) is 14.8. The highest BCUT2D eigenvalue weighted by atomic mass is 16.2. The van der Waals surface area contributed by atoms with Crippen LogP contribution in [-0.2, 0) is 0 Å². The first-order valence-electron chi connectivity index (χ1n) is 10.7. The highest BCUT2D eigenvalue weighted by molar-refractivity contribution is 5.89. The fraction of sp³-hybridized carbons (Fsp3) is 0.269. The number of urea groups is 1. The van der Waals surface area contributed by atoms with Crippen molar-refractivity contribution in [1.82, 2.24) is 9.80 Å². The van der Waals surface area contributed by atoms with E-state index in [2.05, 4.69) is 70.9 Å². The Labute approximate surface area is 178 Å². The molecule has 2 saturated heterocycles. The van der Waals surface area contributed by atoms with E-state index < -0.39 is 0 Å². The van der Waals surface area contributed by atoms with Gasteiger partial charge in [0.15, 0.2) is 0 Å². The fourth-order valence-corrected chi connectivity index (χ4v) is 4.85. The minimum absolute atomic E-state index is 0.0122. The van der Waals surface area contributed by atoms with Gasteiger partial charge in [0.2, 0.25) is 0 Å². The van der Waals surface area contributed by atoms with Gasteiger partial charge in [-0.25, -0.2) is 4.79 Å². The Morgan fingerprint density at radius 3 is 1.97 bits per heavy atom. The predicted octanol–water partition coefficient (Wildman–Crippen LogP) is 4.67. The van der Waals surface area contributed by atoms with Crippen molar-refractivity contribution in [3.63, 3.8) is 0 Å². The van der Waals surface area contributed by atoms with Gasteiger partial charge in [-0.15, -0.1) is 0 Å². The molecule has 3 aromatic carbocycles. The smallest absolute Gasteiger partial charge is 0.321 e. The number of nitrogens with one attached hydrogen (secondary N) is 1. The molecule has 0 unspecified atom stereocenters. The molecule has 2 aliphatic heterocycles. The van der Waals surface area contributed by atoms with Crippen LogP contribution in [0.5, 0.6) is 0 Å². The largest absolute Gasteiger partial charge is 0.323 e. The maximum atomic E-state index is 12.7. The molecule has 0 aromatic heterocycles. The standard InChI is InChI=1S/C26H27N3O/c30-26(27-23-14-8-3-9-15-23)29-17-22-16-28(25(22)19-29)18-24(20-10-4-1-5-11-20)21-12-6-2-7-13-21/h1-15,22,24-25H,16-19H2,(H,27,30)/t22-,25+/m0/s1. The molecule has 4 heteroatoms. The van der Waals surface area contributed by atoms with E-state index in [9.17, 15) is 4.79 Å². The van der Waals surface area contributed by atoms with Gasteiger partial charge in [-0.1, -0.05) is 78.9 Å². The number of nitrogens with zero attached hydrogens (tertiary/aromatic N) is 2. The van der Waals surface area contributed by atoms with E-state index in [0.717, 1.165) is 31.9 Å². The van der Waals surface area contributed by atoms with Crippen molar-refractivity contribution in [3.8, 4) is 0 Å². The van der Waals surface area contributed by atoms with Crippen molar-refractivity contribution in [2.24, 2.45) is 5.92 Å². The minimum Gasteiger partial charge on any atom is -0.323 e. The Balaban J connectivity index is 1.26. The Bertz CT molecular complexity index is 937. The molecule has 0 saturated carbocycles. The Morgan fingerprint density at radius 1 is 0.800 bits per heavy atom. The highest BCUT2D eigenvalue weighted by Gasteiger charge is 2.47. The summed E-state index contributed by atoms with van der Waals surface area (Å²) < 4.78 is 0. The average Bonchev–Trinajstić information content (AvgIpc) is 3.13. The van der Waals surface area contributed by atoms with Gasteiger partial charge in [0, 0.05) is 49.7 Å². The fourth-order valence-electron chi connectivity index (χ4n) is 4.85. The molecular weight excluding hydrogens is 370 g/mol. The van der Waals surface area contributed by atoms with Crippen molar-refractivity contribution in [2.75, 3.05) is 31.5 Å². The first kappa shape index (κ1) is 18.9. The van der Waals surface area contributed by atoms with Crippen LogP contribution in [0.15, 0.2) is 91.0 Å². The van der Waals surface area contributed by atoms with E-state index in [1.54, 1.807) is 0 Å². The molecule has 2 amide bonds. The summed E-state index contributed by atoms with van der Waals surface area (Å²) in [5.41, 5.74) is 3.56. The molecule has 5 rings (SSSR count). The Kier molecular flexibility index (Phi) is 5.24. The lowest BCUT2D eigenvalue weighted by molar-refractivity contribution is 0.0485. The highest BCUT2D eigenvalue weighted by Crippen LogP contribution is 2.36. The third kappa shape index (κ3) is 3.83. The van der Waals surface area contributed by atoms with Crippen LogP contribution in [0.1, 0.15) is 17.0 Å². The second-order valence-corrected chi connectivity index (χ2v) is 8.36. The maximum absolute atomic E-state index is 12.7. The second-order valence-electron chi connectivity index (χ2n) is 8.36. The van der Waals surface area contributed by atoms with Crippen LogP contribution in [0.25, 0.3) is 0 Å². The van der Waals surface area contributed by atoms with Crippen LogP contribution in [-0.4, -0.2) is 48.1 Å². The lowest BCUT2D eigenvalue weighted by atomic mass is 9.86. The van der Waals surface area contributed by atoms with E-state index >= 15 is 0 Å². The number of para-hydroxylation sites is 1. The number of likely N-dealkylation sites (tertiary alicyclic amines) is 2. The van der Waals surface area contributed by atoms with Crippen LogP contribution >= 0.6 is 0 Å². The molecule has 0 bridgehead atoms. The van der Waals surface area contributed by atoms with Gasteiger partial charge in [0.1, 0.15) is 0 Å². The number of amides is 2. The first-order valence-corrected chi connectivity index (χ1v) is 10.7. The molecule has 0 aliphatic carbocycles. The van der Waals surface area contributed by atoms with Crippen molar-refractivity contribution >= 4 is 11.7 Å². The molecule has 1 N–H and O–H groups in total. The second kappa shape index (κ2) is 8.33. The lowest BCUT2D eigenvalue weighted by Crippen LogP contribution is -2.56. The number of carbonyl (C=O) groups excluding carboxylic acids is 1. The monoisotopic (exact) mass is 397 g/mol. The van der Waals surface area contributed by atoms with Crippen LogP contribution in [0, 0.1) is 5.92 Å².